The van der Waals surface area contributed by atoms with Gasteiger partial charge in [0.1, 0.15) is 5.82 Å². The molecule has 1 N–H and O–H groups in total. The molecular weight excluding hydrogens is 223 g/mol. The molecule has 0 bridgehead atoms. The number of hydrogen-bond acceptors (Lipinski definition) is 2. The maximum atomic E-state index is 13.1. The highest BCUT2D eigenvalue weighted by Crippen LogP contribution is 2.19. The number of aryl methyl sites for hydroxylation is 1. The molecule has 0 atom stereocenters. The van der Waals surface area contributed by atoms with Gasteiger partial charge in [-0.25, -0.2) is 4.39 Å². The molecule has 0 radical (unpaired) electrons. The van der Waals surface area contributed by atoms with Crippen LogP contribution in [0.1, 0.15) is 12.0 Å². The molecule has 2 amide bonds. The third-order valence-electron chi connectivity index (χ3n) is 2.75. The van der Waals surface area contributed by atoms with Crippen LogP contribution in [0.3, 0.4) is 0 Å². The van der Waals surface area contributed by atoms with Gasteiger partial charge >= 0.3 is 0 Å². The zero-order chi connectivity index (χ0) is 12.4. The van der Waals surface area contributed by atoms with Gasteiger partial charge in [-0.15, -0.1) is 0 Å². The molecule has 1 aliphatic heterocycles. The predicted octanol–water partition coefficient (Wildman–Crippen LogP) is 0.987. The average molecular weight is 236 g/mol. The predicted molar refractivity (Wildman–Crippen MR) is 61.1 cm³/mol. The molecule has 1 heterocycles. The topological polar surface area (TPSA) is 49.4 Å². The van der Waals surface area contributed by atoms with Gasteiger partial charge < -0.3 is 10.2 Å². The first-order chi connectivity index (χ1) is 8.08. The highest BCUT2D eigenvalue weighted by atomic mass is 19.1. The zero-order valence-corrected chi connectivity index (χ0v) is 9.50. The Labute approximate surface area is 98.4 Å². The van der Waals surface area contributed by atoms with Crippen LogP contribution in [0.15, 0.2) is 18.2 Å². The molecule has 0 spiro atoms. The smallest absolute Gasteiger partial charge is 0.246 e. The lowest BCUT2D eigenvalue weighted by molar-refractivity contribution is -0.123. The highest BCUT2D eigenvalue weighted by molar-refractivity contribution is 5.98. The second-order valence-electron chi connectivity index (χ2n) is 4.01. The summed E-state index contributed by atoms with van der Waals surface area (Å²) in [5, 5.41) is 2.52. The number of benzene rings is 1. The van der Waals surface area contributed by atoms with Crippen LogP contribution in [0.25, 0.3) is 0 Å². The fourth-order valence-corrected chi connectivity index (χ4v) is 1.77. The lowest BCUT2D eigenvalue weighted by Crippen LogP contribution is -2.35. The molecule has 90 valence electrons. The molecule has 2 rings (SSSR count). The van der Waals surface area contributed by atoms with Gasteiger partial charge in [0, 0.05) is 18.7 Å². The Kier molecular flexibility index (Phi) is 3.08. The molecule has 17 heavy (non-hydrogen) atoms. The first kappa shape index (κ1) is 11.6. The molecule has 0 saturated carbocycles. The average Bonchev–Trinajstić information content (AvgIpc) is 2.46. The lowest BCUT2D eigenvalue weighted by Gasteiger charge is -2.20. The SMILES string of the molecule is Cc1cc(N2CCC(=O)NCC2=O)ccc1F. The van der Waals surface area contributed by atoms with Crippen molar-refractivity contribution in [2.75, 3.05) is 18.0 Å². The zero-order valence-electron chi connectivity index (χ0n) is 9.50. The van der Waals surface area contributed by atoms with Gasteiger partial charge in [0.25, 0.3) is 0 Å². The molecule has 5 heteroatoms. The number of carbonyl (C=O) groups excluding carboxylic acids is 2. The van der Waals surface area contributed by atoms with Crippen molar-refractivity contribution in [3.8, 4) is 0 Å². The van der Waals surface area contributed by atoms with E-state index in [1.165, 1.54) is 11.0 Å². The minimum absolute atomic E-state index is 0.00470. The van der Waals surface area contributed by atoms with Gasteiger partial charge in [0.2, 0.25) is 11.8 Å². The highest BCUT2D eigenvalue weighted by Gasteiger charge is 2.21. The van der Waals surface area contributed by atoms with E-state index < -0.39 is 0 Å². The number of hydrogen-bond donors (Lipinski definition) is 1. The monoisotopic (exact) mass is 236 g/mol. The Bertz CT molecular complexity index is 474. The Hall–Kier alpha value is -1.91. The molecule has 0 aromatic heterocycles. The Morgan fingerprint density at radius 1 is 1.35 bits per heavy atom. The number of anilines is 1. The van der Waals surface area contributed by atoms with E-state index in [1.54, 1.807) is 19.1 Å². The minimum Gasteiger partial charge on any atom is -0.347 e. The van der Waals surface area contributed by atoms with E-state index in [9.17, 15) is 14.0 Å². The van der Waals surface area contributed by atoms with Crippen LogP contribution in [0.4, 0.5) is 10.1 Å². The molecule has 1 fully saturated rings. The van der Waals surface area contributed by atoms with E-state index in [0.29, 0.717) is 17.8 Å². The number of amides is 2. The molecule has 0 unspecified atom stereocenters. The summed E-state index contributed by atoms with van der Waals surface area (Å²) in [5.74, 6) is -0.619. The number of carbonyl (C=O) groups is 2. The maximum absolute atomic E-state index is 13.1. The number of halogens is 1. The molecule has 1 aromatic carbocycles. The Balaban J connectivity index is 2.28. The molecular formula is C12H13FN2O2. The minimum atomic E-state index is -0.301. The van der Waals surface area contributed by atoms with Crippen LogP contribution >= 0.6 is 0 Å². The van der Waals surface area contributed by atoms with Crippen LogP contribution in [-0.4, -0.2) is 24.9 Å². The van der Waals surface area contributed by atoms with Crippen molar-refractivity contribution < 1.29 is 14.0 Å². The standard InChI is InChI=1S/C12H13FN2O2/c1-8-6-9(2-3-10(8)13)15-5-4-11(16)14-7-12(15)17/h2-3,6H,4-5,7H2,1H3,(H,14,16). The van der Waals surface area contributed by atoms with Crippen LogP contribution in [0, 0.1) is 12.7 Å². The third-order valence-corrected chi connectivity index (χ3v) is 2.75. The fraction of sp³-hybridized carbons (Fsp3) is 0.333. The molecule has 0 aliphatic carbocycles. The quantitative estimate of drug-likeness (QED) is 0.790. The number of nitrogens with zero attached hydrogens (tertiary/aromatic N) is 1. The summed E-state index contributed by atoms with van der Waals surface area (Å²) in [5.41, 5.74) is 1.12. The summed E-state index contributed by atoms with van der Waals surface area (Å²) >= 11 is 0. The molecule has 1 aromatic rings. The maximum Gasteiger partial charge on any atom is 0.246 e. The lowest BCUT2D eigenvalue weighted by atomic mass is 10.2. The van der Waals surface area contributed by atoms with Gasteiger partial charge in [-0.05, 0) is 30.7 Å². The van der Waals surface area contributed by atoms with Crippen molar-refractivity contribution in [2.45, 2.75) is 13.3 Å². The summed E-state index contributed by atoms with van der Waals surface area (Å²) in [6, 6.07) is 4.50. The van der Waals surface area contributed by atoms with E-state index in [2.05, 4.69) is 5.32 Å². The summed E-state index contributed by atoms with van der Waals surface area (Å²) < 4.78 is 13.1. The first-order valence-corrected chi connectivity index (χ1v) is 5.41. The van der Waals surface area contributed by atoms with Gasteiger partial charge in [-0.3, -0.25) is 9.59 Å². The second-order valence-corrected chi connectivity index (χ2v) is 4.01. The van der Waals surface area contributed by atoms with Gasteiger partial charge in [0.15, 0.2) is 0 Å². The number of rotatable bonds is 1. The van der Waals surface area contributed by atoms with Crippen molar-refractivity contribution in [1.82, 2.24) is 5.32 Å². The van der Waals surface area contributed by atoms with Crippen LogP contribution < -0.4 is 10.2 Å². The molecule has 4 nitrogen and oxygen atoms in total. The number of nitrogens with one attached hydrogen (secondary N) is 1. The van der Waals surface area contributed by atoms with E-state index in [4.69, 9.17) is 0 Å². The summed E-state index contributed by atoms with van der Waals surface area (Å²) in [6.07, 6.45) is 0.266. The van der Waals surface area contributed by atoms with Crippen molar-refractivity contribution in [3.63, 3.8) is 0 Å². The normalized spacial score (nSPS) is 16.7. The van der Waals surface area contributed by atoms with Gasteiger partial charge in [0.05, 0.1) is 6.54 Å². The molecule has 1 saturated heterocycles. The van der Waals surface area contributed by atoms with Crippen LogP contribution in [-0.2, 0) is 9.59 Å². The van der Waals surface area contributed by atoms with Gasteiger partial charge in [-0.1, -0.05) is 0 Å². The van der Waals surface area contributed by atoms with Crippen molar-refractivity contribution in [1.29, 1.82) is 0 Å². The van der Waals surface area contributed by atoms with Crippen molar-refractivity contribution in [3.05, 3.63) is 29.6 Å². The van der Waals surface area contributed by atoms with Crippen molar-refractivity contribution >= 4 is 17.5 Å². The van der Waals surface area contributed by atoms with E-state index >= 15 is 0 Å². The molecule has 1 aliphatic rings. The van der Waals surface area contributed by atoms with Gasteiger partial charge in [-0.2, -0.15) is 0 Å². The Morgan fingerprint density at radius 3 is 2.82 bits per heavy atom. The second kappa shape index (κ2) is 4.53. The van der Waals surface area contributed by atoms with E-state index in [-0.39, 0.29) is 30.6 Å². The van der Waals surface area contributed by atoms with E-state index in [0.717, 1.165) is 0 Å². The van der Waals surface area contributed by atoms with Crippen LogP contribution in [0.5, 0.6) is 0 Å². The van der Waals surface area contributed by atoms with Crippen LogP contribution in [0.2, 0.25) is 0 Å². The largest absolute Gasteiger partial charge is 0.347 e. The summed E-state index contributed by atoms with van der Waals surface area (Å²) in [7, 11) is 0. The Morgan fingerprint density at radius 2 is 2.12 bits per heavy atom. The summed E-state index contributed by atoms with van der Waals surface area (Å²) in [4.78, 5) is 24.5. The van der Waals surface area contributed by atoms with Crippen molar-refractivity contribution in [2.24, 2.45) is 0 Å². The third kappa shape index (κ3) is 2.43. The summed E-state index contributed by atoms with van der Waals surface area (Å²) in [6.45, 7) is 1.97. The first-order valence-electron chi connectivity index (χ1n) is 5.41. The fourth-order valence-electron chi connectivity index (χ4n) is 1.77. The van der Waals surface area contributed by atoms with E-state index in [1.807, 2.05) is 0 Å².